The largest absolute Gasteiger partial charge is 0.497 e. The summed E-state index contributed by atoms with van der Waals surface area (Å²) >= 11 is 0. The molecule has 0 saturated heterocycles. The van der Waals surface area contributed by atoms with Crippen LogP contribution >= 0.6 is 0 Å². The van der Waals surface area contributed by atoms with E-state index in [0.717, 1.165) is 16.9 Å². The Balaban J connectivity index is 2.09. The molecule has 0 aliphatic heterocycles. The first kappa shape index (κ1) is 14.9. The third-order valence-corrected chi connectivity index (χ3v) is 3.19. The summed E-state index contributed by atoms with van der Waals surface area (Å²) in [4.78, 5) is 12.3. The van der Waals surface area contributed by atoms with Gasteiger partial charge in [-0.15, -0.1) is 0 Å². The molecule has 0 aliphatic rings. The fourth-order valence-electron chi connectivity index (χ4n) is 2.06. The average Bonchev–Trinajstić information content (AvgIpc) is 2.52. The molecule has 0 fully saturated rings. The summed E-state index contributed by atoms with van der Waals surface area (Å²) in [5.41, 5.74) is 2.54. The fourth-order valence-corrected chi connectivity index (χ4v) is 2.06. The monoisotopic (exact) mass is 285 g/mol. The molecule has 21 heavy (non-hydrogen) atoms. The van der Waals surface area contributed by atoms with E-state index in [4.69, 9.17) is 9.47 Å². The van der Waals surface area contributed by atoms with Crippen LogP contribution in [0.15, 0.2) is 42.5 Å². The second kappa shape index (κ2) is 6.79. The lowest BCUT2D eigenvalue weighted by Crippen LogP contribution is -2.23. The Morgan fingerprint density at radius 2 is 1.90 bits per heavy atom. The first-order chi connectivity index (χ1) is 10.1. The first-order valence-electron chi connectivity index (χ1n) is 6.70. The lowest BCUT2D eigenvalue weighted by Gasteiger charge is -2.10. The molecule has 0 heterocycles. The summed E-state index contributed by atoms with van der Waals surface area (Å²) < 4.78 is 10.4. The van der Waals surface area contributed by atoms with Crippen molar-refractivity contribution in [1.82, 2.24) is 5.32 Å². The van der Waals surface area contributed by atoms with Crippen LogP contribution in [-0.4, -0.2) is 20.1 Å². The van der Waals surface area contributed by atoms with Crippen LogP contribution in [-0.2, 0) is 6.54 Å². The molecule has 0 unspecified atom stereocenters. The number of carbonyl (C=O) groups excluding carboxylic acids is 1. The number of methoxy groups -OCH3 is 2. The van der Waals surface area contributed by atoms with Gasteiger partial charge in [0.2, 0.25) is 0 Å². The van der Waals surface area contributed by atoms with Crippen LogP contribution in [0, 0.1) is 6.92 Å². The summed E-state index contributed by atoms with van der Waals surface area (Å²) in [6.45, 7) is 2.38. The van der Waals surface area contributed by atoms with E-state index >= 15 is 0 Å². The highest BCUT2D eigenvalue weighted by atomic mass is 16.5. The molecule has 2 aromatic carbocycles. The highest BCUT2D eigenvalue weighted by Crippen LogP contribution is 2.19. The minimum absolute atomic E-state index is 0.154. The van der Waals surface area contributed by atoms with Gasteiger partial charge < -0.3 is 14.8 Å². The number of carbonyl (C=O) groups is 1. The van der Waals surface area contributed by atoms with Crippen molar-refractivity contribution in [2.45, 2.75) is 13.5 Å². The van der Waals surface area contributed by atoms with Gasteiger partial charge in [0.25, 0.3) is 5.91 Å². The second-order valence-electron chi connectivity index (χ2n) is 4.74. The van der Waals surface area contributed by atoms with Crippen LogP contribution in [0.4, 0.5) is 0 Å². The zero-order valence-electron chi connectivity index (χ0n) is 12.5. The molecular formula is C17H19NO3. The Labute approximate surface area is 124 Å². The van der Waals surface area contributed by atoms with Crippen LogP contribution in [0.1, 0.15) is 21.5 Å². The predicted molar refractivity (Wildman–Crippen MR) is 81.9 cm³/mol. The topological polar surface area (TPSA) is 47.6 Å². The van der Waals surface area contributed by atoms with Gasteiger partial charge in [0, 0.05) is 6.54 Å². The van der Waals surface area contributed by atoms with Crippen molar-refractivity contribution in [3.8, 4) is 11.5 Å². The highest BCUT2D eigenvalue weighted by molar-refractivity contribution is 5.97. The number of benzene rings is 2. The van der Waals surface area contributed by atoms with Gasteiger partial charge in [-0.1, -0.05) is 23.8 Å². The Morgan fingerprint density at radius 3 is 2.62 bits per heavy atom. The van der Waals surface area contributed by atoms with Crippen molar-refractivity contribution in [1.29, 1.82) is 0 Å². The molecule has 110 valence electrons. The molecule has 0 saturated carbocycles. The van der Waals surface area contributed by atoms with E-state index in [2.05, 4.69) is 5.32 Å². The van der Waals surface area contributed by atoms with Gasteiger partial charge in [0.15, 0.2) is 0 Å². The van der Waals surface area contributed by atoms with Crippen LogP contribution in [0.2, 0.25) is 0 Å². The van der Waals surface area contributed by atoms with E-state index < -0.39 is 0 Å². The quantitative estimate of drug-likeness (QED) is 0.918. The minimum Gasteiger partial charge on any atom is -0.497 e. The lowest BCUT2D eigenvalue weighted by atomic mass is 10.1. The zero-order valence-corrected chi connectivity index (χ0v) is 12.5. The molecule has 0 aromatic heterocycles. The summed E-state index contributed by atoms with van der Waals surface area (Å²) in [5, 5.41) is 2.89. The average molecular weight is 285 g/mol. The molecule has 1 N–H and O–H groups in total. The van der Waals surface area contributed by atoms with Crippen molar-refractivity contribution in [2.24, 2.45) is 0 Å². The third kappa shape index (κ3) is 3.75. The Bertz CT molecular complexity index is 638. The van der Waals surface area contributed by atoms with Gasteiger partial charge in [-0.2, -0.15) is 0 Å². The molecular weight excluding hydrogens is 266 g/mol. The Kier molecular flexibility index (Phi) is 4.82. The number of hydrogen-bond donors (Lipinski definition) is 1. The maximum absolute atomic E-state index is 12.3. The molecule has 4 heteroatoms. The highest BCUT2D eigenvalue weighted by Gasteiger charge is 2.12. The maximum Gasteiger partial charge on any atom is 0.255 e. The summed E-state index contributed by atoms with van der Waals surface area (Å²) in [5.74, 6) is 1.19. The van der Waals surface area contributed by atoms with Gasteiger partial charge >= 0.3 is 0 Å². The summed E-state index contributed by atoms with van der Waals surface area (Å²) in [6, 6.07) is 13.1. The maximum atomic E-state index is 12.3. The number of hydrogen-bond acceptors (Lipinski definition) is 3. The standard InChI is InChI=1S/C17H19NO3/c1-12-7-8-16(21-3)15(9-12)17(19)18-11-13-5-4-6-14(10-13)20-2/h4-10H,11H2,1-3H3,(H,18,19). The van der Waals surface area contributed by atoms with Crippen molar-refractivity contribution in [3.63, 3.8) is 0 Å². The van der Waals surface area contributed by atoms with Crippen LogP contribution in [0.5, 0.6) is 11.5 Å². The summed E-state index contributed by atoms with van der Waals surface area (Å²) in [6.07, 6.45) is 0. The number of amides is 1. The smallest absolute Gasteiger partial charge is 0.255 e. The zero-order chi connectivity index (χ0) is 15.2. The molecule has 2 aromatic rings. The number of rotatable bonds is 5. The minimum atomic E-state index is -0.154. The summed E-state index contributed by atoms with van der Waals surface area (Å²) in [7, 11) is 3.18. The molecule has 4 nitrogen and oxygen atoms in total. The van der Waals surface area contributed by atoms with Crippen LogP contribution < -0.4 is 14.8 Å². The van der Waals surface area contributed by atoms with Crippen molar-refractivity contribution in [2.75, 3.05) is 14.2 Å². The number of ether oxygens (including phenoxy) is 2. The first-order valence-corrected chi connectivity index (χ1v) is 6.70. The predicted octanol–water partition coefficient (Wildman–Crippen LogP) is 2.94. The van der Waals surface area contributed by atoms with Gasteiger partial charge in [0.05, 0.1) is 19.8 Å². The molecule has 0 bridgehead atoms. The van der Waals surface area contributed by atoms with Crippen molar-refractivity contribution >= 4 is 5.91 Å². The van der Waals surface area contributed by atoms with Crippen LogP contribution in [0.25, 0.3) is 0 Å². The lowest BCUT2D eigenvalue weighted by molar-refractivity contribution is 0.0947. The molecule has 0 atom stereocenters. The van der Waals surface area contributed by atoms with E-state index in [0.29, 0.717) is 17.9 Å². The molecule has 0 radical (unpaired) electrons. The van der Waals surface area contributed by atoms with Crippen LogP contribution in [0.3, 0.4) is 0 Å². The number of aryl methyl sites for hydroxylation is 1. The SMILES string of the molecule is COc1cccc(CNC(=O)c2cc(C)ccc2OC)c1. The molecule has 0 spiro atoms. The Hall–Kier alpha value is -2.49. The van der Waals surface area contributed by atoms with E-state index in [-0.39, 0.29) is 5.91 Å². The van der Waals surface area contributed by atoms with Gasteiger partial charge in [-0.3, -0.25) is 4.79 Å². The van der Waals surface area contributed by atoms with Crippen molar-refractivity contribution < 1.29 is 14.3 Å². The third-order valence-electron chi connectivity index (χ3n) is 3.19. The van der Waals surface area contributed by atoms with E-state index in [1.54, 1.807) is 20.3 Å². The molecule has 2 rings (SSSR count). The van der Waals surface area contributed by atoms with Gasteiger partial charge in [-0.05, 0) is 36.8 Å². The normalized spacial score (nSPS) is 10.0. The van der Waals surface area contributed by atoms with Crippen molar-refractivity contribution in [3.05, 3.63) is 59.2 Å². The van der Waals surface area contributed by atoms with E-state index in [1.165, 1.54) is 0 Å². The fraction of sp³-hybridized carbons (Fsp3) is 0.235. The van der Waals surface area contributed by atoms with E-state index in [9.17, 15) is 4.79 Å². The second-order valence-corrected chi connectivity index (χ2v) is 4.74. The van der Waals surface area contributed by atoms with Gasteiger partial charge in [0.1, 0.15) is 11.5 Å². The Morgan fingerprint density at radius 1 is 1.10 bits per heavy atom. The molecule has 1 amide bonds. The van der Waals surface area contributed by atoms with Gasteiger partial charge in [-0.25, -0.2) is 0 Å². The number of nitrogens with one attached hydrogen (secondary N) is 1. The molecule has 0 aliphatic carbocycles. The van der Waals surface area contributed by atoms with E-state index in [1.807, 2.05) is 43.3 Å².